The average molecular weight is 482 g/mol. The minimum Gasteiger partial charge on any atom is -0.459 e. The molecule has 0 aliphatic carbocycles. The first kappa shape index (κ1) is 23.9. The number of nitrogens with two attached hydrogens (primary N) is 1. The van der Waals surface area contributed by atoms with Crippen molar-refractivity contribution in [2.75, 3.05) is 35.7 Å². The Balaban J connectivity index is 1.49. The number of anilines is 3. The number of aromatic amines is 1. The van der Waals surface area contributed by atoms with Gasteiger partial charge in [-0.2, -0.15) is 10.2 Å². The molecule has 184 valence electrons. The number of carbonyl (C=O) groups is 1. The van der Waals surface area contributed by atoms with E-state index < -0.39 is 11.2 Å². The molecule has 35 heavy (non-hydrogen) atoms. The number of oxazole rings is 1. The third kappa shape index (κ3) is 4.57. The van der Waals surface area contributed by atoms with Crippen molar-refractivity contribution in [1.29, 1.82) is 5.26 Å². The molecule has 12 heteroatoms. The van der Waals surface area contributed by atoms with Gasteiger partial charge in [-0.3, -0.25) is 19.1 Å². The van der Waals surface area contributed by atoms with Crippen LogP contribution < -0.4 is 26.8 Å². The fourth-order valence-electron chi connectivity index (χ4n) is 4.26. The first-order valence-electron chi connectivity index (χ1n) is 11.5. The lowest BCUT2D eigenvalue weighted by Gasteiger charge is -2.33. The van der Waals surface area contributed by atoms with Gasteiger partial charge in [-0.15, -0.1) is 0 Å². The maximum Gasteiger partial charge on any atom is 0.330 e. The molecule has 3 aromatic rings. The number of furan rings is 1. The predicted molar refractivity (Wildman–Crippen MR) is 128 cm³/mol. The van der Waals surface area contributed by atoms with Gasteiger partial charge in [-0.05, 0) is 31.4 Å². The topological polar surface area (TPSA) is 167 Å². The van der Waals surface area contributed by atoms with Crippen LogP contribution in [-0.4, -0.2) is 40.6 Å². The van der Waals surface area contributed by atoms with E-state index in [1.807, 2.05) is 17.9 Å². The summed E-state index contributed by atoms with van der Waals surface area (Å²) in [5.74, 6) is 0.309. The Bertz CT molecular complexity index is 1350. The molecule has 0 bridgehead atoms. The summed E-state index contributed by atoms with van der Waals surface area (Å²) < 4.78 is 12.4. The van der Waals surface area contributed by atoms with Gasteiger partial charge in [0.15, 0.2) is 11.4 Å². The Labute approximate surface area is 200 Å². The summed E-state index contributed by atoms with van der Waals surface area (Å²) in [6.07, 6.45) is 3.98. The highest BCUT2D eigenvalue weighted by Gasteiger charge is 2.32. The Hall–Kier alpha value is -4.27. The third-order valence-corrected chi connectivity index (χ3v) is 6.19. The SMILES string of the molecule is CCCCn1c(N)c(N(C)C(=O)C2CCN(c3oc(-c4ccco4)nc3C#N)CC2)c(=O)[nH]c1=O. The number of nitriles is 1. The van der Waals surface area contributed by atoms with E-state index in [0.717, 1.165) is 6.42 Å². The summed E-state index contributed by atoms with van der Waals surface area (Å²) >= 11 is 0. The summed E-state index contributed by atoms with van der Waals surface area (Å²) in [4.78, 5) is 47.5. The minimum atomic E-state index is -0.695. The first-order chi connectivity index (χ1) is 16.8. The molecule has 4 rings (SSSR count). The lowest BCUT2D eigenvalue weighted by atomic mass is 9.95. The van der Waals surface area contributed by atoms with E-state index >= 15 is 0 Å². The number of unbranched alkanes of at least 4 members (excludes halogenated alkanes) is 1. The quantitative estimate of drug-likeness (QED) is 0.512. The summed E-state index contributed by atoms with van der Waals surface area (Å²) in [6, 6.07) is 5.43. The predicted octanol–water partition coefficient (Wildman–Crippen LogP) is 1.92. The number of rotatable bonds is 7. The van der Waals surface area contributed by atoms with Crippen LogP contribution >= 0.6 is 0 Å². The van der Waals surface area contributed by atoms with E-state index in [1.165, 1.54) is 22.8 Å². The number of carbonyl (C=O) groups excluding carboxylic acids is 1. The van der Waals surface area contributed by atoms with E-state index in [4.69, 9.17) is 14.6 Å². The van der Waals surface area contributed by atoms with Gasteiger partial charge in [0.05, 0.1) is 6.26 Å². The Morgan fingerprint density at radius 2 is 2.11 bits per heavy atom. The molecule has 0 atom stereocenters. The molecule has 1 aliphatic rings. The molecule has 12 nitrogen and oxygen atoms in total. The number of hydrogen-bond acceptors (Lipinski definition) is 9. The molecule has 4 heterocycles. The van der Waals surface area contributed by atoms with Crippen molar-refractivity contribution in [2.45, 2.75) is 39.2 Å². The fraction of sp³-hybridized carbons (Fsp3) is 0.435. The second-order valence-corrected chi connectivity index (χ2v) is 8.42. The van der Waals surface area contributed by atoms with Crippen molar-refractivity contribution in [3.8, 4) is 17.7 Å². The van der Waals surface area contributed by atoms with E-state index in [1.54, 1.807) is 12.1 Å². The molecule has 0 saturated carbocycles. The van der Waals surface area contributed by atoms with Gasteiger partial charge in [0, 0.05) is 32.6 Å². The number of nitrogen functional groups attached to an aromatic ring is 1. The van der Waals surface area contributed by atoms with Crippen molar-refractivity contribution < 1.29 is 13.6 Å². The molecule has 3 N–H and O–H groups in total. The third-order valence-electron chi connectivity index (χ3n) is 6.19. The smallest absolute Gasteiger partial charge is 0.330 e. The largest absolute Gasteiger partial charge is 0.459 e. The van der Waals surface area contributed by atoms with Crippen LogP contribution in [0.15, 0.2) is 36.8 Å². The van der Waals surface area contributed by atoms with Crippen LogP contribution in [0, 0.1) is 17.2 Å². The molecule has 0 unspecified atom stereocenters. The van der Waals surface area contributed by atoms with E-state index in [0.29, 0.717) is 50.5 Å². The number of nitrogens with zero attached hydrogens (tertiary/aromatic N) is 5. The Kier molecular flexibility index (Phi) is 6.77. The molecule has 0 radical (unpaired) electrons. The monoisotopic (exact) mass is 481 g/mol. The molecule has 1 aliphatic heterocycles. The zero-order valence-corrected chi connectivity index (χ0v) is 19.6. The minimum absolute atomic E-state index is 0.0220. The number of amides is 1. The molecular formula is C23H27N7O5. The number of piperidine rings is 1. The highest BCUT2D eigenvalue weighted by molar-refractivity contribution is 5.96. The summed E-state index contributed by atoms with van der Waals surface area (Å²) in [7, 11) is 1.49. The van der Waals surface area contributed by atoms with Gasteiger partial charge in [0.25, 0.3) is 11.4 Å². The van der Waals surface area contributed by atoms with Gasteiger partial charge in [0.2, 0.25) is 17.5 Å². The van der Waals surface area contributed by atoms with Crippen molar-refractivity contribution >= 4 is 23.3 Å². The van der Waals surface area contributed by atoms with E-state index in [9.17, 15) is 19.6 Å². The zero-order valence-electron chi connectivity index (χ0n) is 19.6. The van der Waals surface area contributed by atoms with Crippen molar-refractivity contribution in [3.63, 3.8) is 0 Å². The highest BCUT2D eigenvalue weighted by atomic mass is 16.4. The summed E-state index contributed by atoms with van der Waals surface area (Å²) in [5, 5.41) is 9.49. The van der Waals surface area contributed by atoms with Gasteiger partial charge >= 0.3 is 5.69 Å². The van der Waals surface area contributed by atoms with Crippen LogP contribution in [0.25, 0.3) is 11.7 Å². The lowest BCUT2D eigenvalue weighted by Crippen LogP contribution is -2.44. The second-order valence-electron chi connectivity index (χ2n) is 8.42. The number of H-pyrrole nitrogens is 1. The lowest BCUT2D eigenvalue weighted by molar-refractivity contribution is -0.122. The molecule has 0 aromatic carbocycles. The van der Waals surface area contributed by atoms with E-state index in [2.05, 4.69) is 9.97 Å². The molecular weight excluding hydrogens is 454 g/mol. The van der Waals surface area contributed by atoms with Crippen LogP contribution in [0.1, 0.15) is 38.3 Å². The summed E-state index contributed by atoms with van der Waals surface area (Å²) in [5.41, 5.74) is 4.98. The normalized spacial score (nSPS) is 14.1. The van der Waals surface area contributed by atoms with Crippen molar-refractivity contribution in [2.24, 2.45) is 5.92 Å². The average Bonchev–Trinajstić information content (AvgIpc) is 3.53. The van der Waals surface area contributed by atoms with Crippen LogP contribution in [0.3, 0.4) is 0 Å². The number of aromatic nitrogens is 3. The van der Waals surface area contributed by atoms with E-state index in [-0.39, 0.29) is 34.9 Å². The van der Waals surface area contributed by atoms with Crippen LogP contribution in [0.2, 0.25) is 0 Å². The molecule has 0 spiro atoms. The maximum absolute atomic E-state index is 13.3. The molecule has 1 amide bonds. The standard InChI is InChI=1S/C23H27N7O5/c1-3-4-9-30-18(25)17(19(31)27-23(30)33)28(2)21(32)14-7-10-29(11-8-14)22-15(13-24)26-20(35-22)16-6-5-12-34-16/h5-6,12,14H,3-4,7-11,25H2,1-2H3,(H,27,31,33). The van der Waals surface area contributed by atoms with Gasteiger partial charge < -0.3 is 24.4 Å². The van der Waals surface area contributed by atoms with Gasteiger partial charge in [0.1, 0.15) is 11.9 Å². The second kappa shape index (κ2) is 9.92. The van der Waals surface area contributed by atoms with Crippen LogP contribution in [0.5, 0.6) is 0 Å². The van der Waals surface area contributed by atoms with Gasteiger partial charge in [-0.1, -0.05) is 13.3 Å². The fourth-order valence-corrected chi connectivity index (χ4v) is 4.26. The molecule has 3 aromatic heterocycles. The summed E-state index contributed by atoms with van der Waals surface area (Å²) in [6.45, 7) is 3.23. The Morgan fingerprint density at radius 1 is 1.37 bits per heavy atom. The highest BCUT2D eigenvalue weighted by Crippen LogP contribution is 2.32. The first-order valence-corrected chi connectivity index (χ1v) is 11.5. The zero-order chi connectivity index (χ0) is 25.1. The van der Waals surface area contributed by atoms with Crippen LogP contribution in [0.4, 0.5) is 17.4 Å². The molecule has 1 saturated heterocycles. The Morgan fingerprint density at radius 3 is 2.74 bits per heavy atom. The molecule has 1 fully saturated rings. The maximum atomic E-state index is 13.3. The van der Waals surface area contributed by atoms with Crippen LogP contribution in [-0.2, 0) is 11.3 Å². The van der Waals surface area contributed by atoms with Gasteiger partial charge in [-0.25, -0.2) is 4.79 Å². The van der Waals surface area contributed by atoms with Crippen molar-refractivity contribution in [1.82, 2.24) is 14.5 Å². The number of nitrogens with one attached hydrogen (secondary N) is 1. The van der Waals surface area contributed by atoms with Crippen molar-refractivity contribution in [3.05, 3.63) is 44.9 Å². The number of hydrogen-bond donors (Lipinski definition) is 2.